The number of rotatable bonds is 21. The predicted octanol–water partition coefficient (Wildman–Crippen LogP) is 11.1. The van der Waals surface area contributed by atoms with Crippen molar-refractivity contribution < 1.29 is 27.7 Å². The highest BCUT2D eigenvalue weighted by atomic mass is 31.1. The van der Waals surface area contributed by atoms with Crippen LogP contribution in [0.2, 0.25) is 175 Å². The third-order valence-corrected chi connectivity index (χ3v) is 41.1. The molecule has 0 aliphatic carbocycles. The number of hydrogen-bond donors (Lipinski definition) is 1. The Labute approximate surface area is 507 Å². The fraction of sp³-hybridized carbons (Fsp3) is 0.603. The molecule has 1 amide bonds. The fourth-order valence-electron chi connectivity index (χ4n) is 9.55. The highest BCUT2D eigenvalue weighted by Gasteiger charge is 2.52. The van der Waals surface area contributed by atoms with Crippen molar-refractivity contribution in [2.24, 2.45) is 0 Å². The maximum absolute atomic E-state index is 14.0. The molecule has 0 radical (unpaired) electrons. The van der Waals surface area contributed by atoms with Crippen LogP contribution in [0.15, 0.2) is 72.8 Å². The van der Waals surface area contributed by atoms with Gasteiger partial charge < -0.3 is 28.3 Å². The Hall–Kier alpha value is -1.04. The molecule has 1 saturated heterocycles. The number of hydrogen-bond acceptors (Lipinski definition) is 6. The van der Waals surface area contributed by atoms with Crippen molar-refractivity contribution in [3.63, 3.8) is 0 Å². The van der Waals surface area contributed by atoms with Crippen molar-refractivity contribution in [2.45, 2.75) is 234 Å². The zero-order chi connectivity index (χ0) is 62.0. The lowest BCUT2D eigenvalue weighted by atomic mass is 9.97. The van der Waals surface area contributed by atoms with E-state index >= 15 is 0 Å². The van der Waals surface area contributed by atoms with Crippen molar-refractivity contribution in [2.75, 3.05) is 13.7 Å². The summed E-state index contributed by atoms with van der Waals surface area (Å²) in [4.78, 5) is 14.0. The molecule has 1 heterocycles. The van der Waals surface area contributed by atoms with Crippen LogP contribution >= 0.6 is 16.3 Å². The van der Waals surface area contributed by atoms with Crippen LogP contribution in [0, 0.1) is 0 Å². The summed E-state index contributed by atoms with van der Waals surface area (Å²) in [6.07, 6.45) is -2.92. The van der Waals surface area contributed by atoms with Crippen LogP contribution in [0.5, 0.6) is 0 Å². The molecule has 452 valence electrons. The average molecular weight is 1300 g/mol. The van der Waals surface area contributed by atoms with Gasteiger partial charge in [-0.05, 0) is 18.1 Å². The Kier molecular flexibility index (Phi) is 22.0. The summed E-state index contributed by atoms with van der Waals surface area (Å²) < 4.78 is 38.1. The Morgan fingerprint density at radius 2 is 0.691 bits per heavy atom. The summed E-state index contributed by atoms with van der Waals surface area (Å²) in [6.45, 7) is 72.9. The zero-order valence-electron chi connectivity index (χ0n) is 56.9. The first-order valence-corrected chi connectivity index (χ1v) is 63.4. The predicted molar refractivity (Wildman–Crippen MR) is 388 cm³/mol. The van der Waals surface area contributed by atoms with Crippen LogP contribution in [0.25, 0.3) is 0 Å². The van der Waals surface area contributed by atoms with E-state index in [4.69, 9.17) is 22.9 Å². The van der Waals surface area contributed by atoms with Crippen molar-refractivity contribution >= 4 is 158 Å². The Morgan fingerprint density at radius 3 is 0.901 bits per heavy atom. The van der Waals surface area contributed by atoms with Crippen LogP contribution in [0.1, 0.15) is 27.7 Å². The molecule has 18 heteroatoms. The Bertz CT molecular complexity index is 2580. The number of benzene rings is 4. The minimum absolute atomic E-state index is 0.0613. The second-order valence-corrected chi connectivity index (χ2v) is 82.5. The van der Waals surface area contributed by atoms with Gasteiger partial charge in [0.15, 0.2) is 14.6 Å². The number of carbonyl (C=O) groups is 1. The van der Waals surface area contributed by atoms with Gasteiger partial charge in [-0.15, -0.1) is 0 Å². The number of methoxy groups -OCH3 is 1. The van der Waals surface area contributed by atoms with Gasteiger partial charge >= 0.3 is 0 Å². The van der Waals surface area contributed by atoms with Gasteiger partial charge in [-0.1, -0.05) is 292 Å². The second kappa shape index (κ2) is 25.2. The van der Waals surface area contributed by atoms with Gasteiger partial charge in [-0.25, -0.2) is 0 Å². The second-order valence-electron chi connectivity index (χ2n) is 33.4. The van der Waals surface area contributed by atoms with Crippen LogP contribution < -0.4 is 68.0 Å². The summed E-state index contributed by atoms with van der Waals surface area (Å²) in [5.41, 5.74) is 0. The number of carbonyl (C=O) groups excluding carboxylic acids is 1. The minimum atomic E-state index is -2.38. The van der Waals surface area contributed by atoms with Gasteiger partial charge in [0.05, 0.1) is 87.5 Å². The van der Waals surface area contributed by atoms with Crippen LogP contribution in [-0.4, -0.2) is 123 Å². The van der Waals surface area contributed by atoms with Crippen molar-refractivity contribution in [3.8, 4) is 0 Å². The molecule has 0 aromatic heterocycles. The largest absolute Gasteiger partial charge is 0.414 e. The van der Waals surface area contributed by atoms with E-state index in [2.05, 4.69) is 269 Å². The highest BCUT2D eigenvalue weighted by Crippen LogP contribution is 2.47. The summed E-state index contributed by atoms with van der Waals surface area (Å²) >= 11 is 0. The summed E-state index contributed by atoms with van der Waals surface area (Å²) in [5.74, 6) is -0.172. The summed E-state index contributed by atoms with van der Waals surface area (Å²) in [5, 5.41) is 19.9. The zero-order valence-corrected chi connectivity index (χ0v) is 67.7. The molecule has 7 nitrogen and oxygen atoms in total. The van der Waals surface area contributed by atoms with Crippen molar-refractivity contribution in [1.82, 2.24) is 5.32 Å². The van der Waals surface area contributed by atoms with Gasteiger partial charge in [-0.2, -0.15) is 0 Å². The van der Waals surface area contributed by atoms with Gasteiger partial charge in [-0.3, -0.25) is 4.79 Å². The fourth-order valence-corrected chi connectivity index (χ4v) is 25.7. The van der Waals surface area contributed by atoms with Crippen LogP contribution in [0.3, 0.4) is 0 Å². The molecule has 81 heavy (non-hydrogen) atoms. The SMILES string of the molecule is CO[C@@H]1O[C@H](CO[Si](C)(C)C(C)(C)C)[C@@H](OP(c2cc([Si](C)(C)C)cc([Si](C)(C)C)c2)c2cc([Si](C)(C)C)cc([Si](C)(C)C)c2)[C@H](OP(c2cc([Si](C)(C)C)cc([Si](C)(C)C)c2)c2cc([Si](C)(C)C)cc([Si](C)(C)C)c2)[C@H]1NC(C)=O. The average Bonchev–Trinajstić information content (AvgIpc) is 3.29. The number of nitrogens with one attached hydrogen (secondary N) is 1. The molecule has 1 aliphatic rings. The van der Waals surface area contributed by atoms with E-state index in [1.165, 1.54) is 62.7 Å². The van der Waals surface area contributed by atoms with E-state index in [1.54, 1.807) is 14.0 Å². The quantitative estimate of drug-likeness (QED) is 0.0662. The van der Waals surface area contributed by atoms with Crippen molar-refractivity contribution in [1.29, 1.82) is 0 Å². The molecule has 0 spiro atoms. The van der Waals surface area contributed by atoms with Crippen LogP contribution in [-0.2, 0) is 27.7 Å². The molecular formula is C63H113NO6P2Si9. The third-order valence-electron chi connectivity index (χ3n) is 16.7. The normalized spacial score (nSPS) is 19.6. The van der Waals surface area contributed by atoms with E-state index < -0.39 is 120 Å². The molecule has 1 aliphatic heterocycles. The third kappa shape index (κ3) is 18.3. The van der Waals surface area contributed by atoms with E-state index in [1.807, 2.05) is 0 Å². The van der Waals surface area contributed by atoms with Gasteiger partial charge in [0, 0.05) is 35.3 Å². The Balaban J connectivity index is 2.05. The van der Waals surface area contributed by atoms with Crippen molar-refractivity contribution in [3.05, 3.63) is 72.8 Å². The molecule has 0 bridgehead atoms. The standard InChI is InChI=1S/C63H113NO6P2Si9/c1-45(65)64-59-61(70-72(48-36-54(77(18,19)20)42-55(37-48)78(21,22)23)49-38-56(79(24,25)26)43-57(39-49)80(27,28)29)60(58(68-62(59)66-5)44-67-81(30,31)63(2,3)4)69-71(46-32-50(73(6,7)8)40-51(33-46)74(9,10)11)47-34-52(75(12,13)14)41-53(35-47)76(15,16)17/h32-43,58-62H,44H2,1-31H3,(H,64,65)/t58-,59-,60-,61-,62-/m1/s1. The maximum Gasteiger partial charge on any atom is 0.217 e. The topological polar surface area (TPSA) is 75.2 Å². The number of ether oxygens (including phenoxy) is 2. The van der Waals surface area contributed by atoms with E-state index in [0.29, 0.717) is 0 Å². The first-order valence-electron chi connectivity index (χ1n) is 30.0. The molecular weight excluding hydrogens is 1180 g/mol. The van der Waals surface area contributed by atoms with E-state index in [9.17, 15) is 4.79 Å². The highest BCUT2D eigenvalue weighted by molar-refractivity contribution is 7.69. The number of amides is 1. The lowest BCUT2D eigenvalue weighted by Gasteiger charge is -2.48. The molecule has 4 aromatic carbocycles. The van der Waals surface area contributed by atoms with Gasteiger partial charge in [0.2, 0.25) is 5.91 Å². The van der Waals surface area contributed by atoms with Crippen LogP contribution in [0.4, 0.5) is 0 Å². The molecule has 0 saturated carbocycles. The minimum Gasteiger partial charge on any atom is -0.414 e. The molecule has 5 atom stereocenters. The molecule has 1 fully saturated rings. The Morgan fingerprint density at radius 1 is 0.444 bits per heavy atom. The van der Waals surface area contributed by atoms with Gasteiger partial charge in [0.25, 0.3) is 0 Å². The smallest absolute Gasteiger partial charge is 0.217 e. The van der Waals surface area contributed by atoms with E-state index in [0.717, 1.165) is 0 Å². The lowest BCUT2D eigenvalue weighted by Crippen LogP contribution is -2.66. The molecule has 4 aromatic rings. The molecule has 0 unspecified atom stereocenters. The van der Waals surface area contributed by atoms with E-state index in [-0.39, 0.29) is 17.6 Å². The lowest BCUT2D eigenvalue weighted by molar-refractivity contribution is -0.250. The van der Waals surface area contributed by atoms with Gasteiger partial charge in [0.1, 0.15) is 24.4 Å². The first kappa shape index (κ1) is 70.7. The molecule has 1 N–H and O–H groups in total. The maximum atomic E-state index is 14.0. The summed E-state index contributed by atoms with van der Waals surface area (Å²) in [7, 11) is -18.8. The first-order chi connectivity index (χ1) is 36.3. The summed E-state index contributed by atoms with van der Waals surface area (Å²) in [6, 6.07) is 29.6. The monoisotopic (exact) mass is 1290 g/mol. The molecule has 5 rings (SSSR count).